The first-order valence-corrected chi connectivity index (χ1v) is 5.20. The van der Waals surface area contributed by atoms with Gasteiger partial charge in [0.2, 0.25) is 0 Å². The van der Waals surface area contributed by atoms with Crippen LogP contribution in [0.5, 0.6) is 0 Å². The van der Waals surface area contributed by atoms with Crippen LogP contribution in [0.2, 0.25) is 0 Å². The zero-order chi connectivity index (χ0) is 10.6. The van der Waals surface area contributed by atoms with Crippen LogP contribution in [-0.4, -0.2) is 20.6 Å². The van der Waals surface area contributed by atoms with Crippen molar-refractivity contribution in [2.75, 3.05) is 5.75 Å². The molecule has 0 saturated heterocycles. The summed E-state index contributed by atoms with van der Waals surface area (Å²) in [6.07, 6.45) is 1.88. The number of aryl methyl sites for hydroxylation is 2. The lowest BCUT2D eigenvalue weighted by Crippen LogP contribution is -1.86. The second-order valence-corrected chi connectivity index (χ2v) is 4.04. The van der Waals surface area contributed by atoms with Gasteiger partial charge in [0.15, 0.2) is 5.12 Å². The lowest BCUT2D eigenvalue weighted by molar-refractivity contribution is -0.109. The average molecular weight is 208 g/mol. The highest BCUT2D eigenvalue weighted by atomic mass is 32.2. The van der Waals surface area contributed by atoms with E-state index in [1.165, 1.54) is 11.8 Å². The molecule has 0 aromatic carbocycles. The summed E-state index contributed by atoms with van der Waals surface area (Å²) in [5, 5.41) is 4.26. The largest absolute Gasteiger partial charge is 0.288 e. The standard InChI is InChI=1S/C10H12N2OS/c1-8-10(7-12(3)11-8)5-4-6-14-9(2)13/h7H,6H2,1-3H3. The Morgan fingerprint density at radius 3 is 2.93 bits per heavy atom. The van der Waals surface area contributed by atoms with Crippen molar-refractivity contribution in [3.63, 3.8) is 0 Å². The van der Waals surface area contributed by atoms with Crippen molar-refractivity contribution in [2.24, 2.45) is 7.05 Å². The molecule has 0 aliphatic carbocycles. The molecule has 0 saturated carbocycles. The lowest BCUT2D eigenvalue weighted by Gasteiger charge is -1.84. The van der Waals surface area contributed by atoms with E-state index < -0.39 is 0 Å². The molecule has 0 atom stereocenters. The molecule has 3 nitrogen and oxygen atoms in total. The molecule has 14 heavy (non-hydrogen) atoms. The minimum atomic E-state index is 0.0993. The fourth-order valence-corrected chi connectivity index (χ4v) is 1.34. The molecule has 1 aromatic heterocycles. The second-order valence-electron chi connectivity index (χ2n) is 2.88. The van der Waals surface area contributed by atoms with Gasteiger partial charge < -0.3 is 0 Å². The highest BCUT2D eigenvalue weighted by molar-refractivity contribution is 8.13. The molecule has 0 fully saturated rings. The van der Waals surface area contributed by atoms with E-state index in [9.17, 15) is 4.79 Å². The minimum absolute atomic E-state index is 0.0993. The number of nitrogens with zero attached hydrogens (tertiary/aromatic N) is 2. The van der Waals surface area contributed by atoms with Gasteiger partial charge in [-0.1, -0.05) is 23.6 Å². The van der Waals surface area contributed by atoms with E-state index in [-0.39, 0.29) is 5.12 Å². The topological polar surface area (TPSA) is 34.9 Å². The summed E-state index contributed by atoms with van der Waals surface area (Å²) >= 11 is 1.22. The quantitative estimate of drug-likeness (QED) is 0.654. The summed E-state index contributed by atoms with van der Waals surface area (Å²) in [7, 11) is 1.86. The van der Waals surface area contributed by atoms with E-state index in [4.69, 9.17) is 0 Å². The van der Waals surface area contributed by atoms with E-state index >= 15 is 0 Å². The summed E-state index contributed by atoms with van der Waals surface area (Å²) in [5.74, 6) is 6.45. The van der Waals surface area contributed by atoms with Gasteiger partial charge in [-0.15, -0.1) is 0 Å². The maximum Gasteiger partial charge on any atom is 0.186 e. The van der Waals surface area contributed by atoms with Crippen LogP contribution >= 0.6 is 11.8 Å². The second kappa shape index (κ2) is 4.87. The molecule has 0 N–H and O–H groups in total. The molecule has 0 bridgehead atoms. The monoisotopic (exact) mass is 208 g/mol. The van der Waals surface area contributed by atoms with Gasteiger partial charge in [0.25, 0.3) is 0 Å². The first-order valence-electron chi connectivity index (χ1n) is 4.22. The molecule has 0 aliphatic rings. The number of thioether (sulfide) groups is 1. The van der Waals surface area contributed by atoms with Crippen molar-refractivity contribution in [1.29, 1.82) is 0 Å². The summed E-state index contributed by atoms with van der Waals surface area (Å²) in [6, 6.07) is 0. The van der Waals surface area contributed by atoms with Crippen molar-refractivity contribution in [3.8, 4) is 11.8 Å². The number of hydrogen-bond acceptors (Lipinski definition) is 3. The van der Waals surface area contributed by atoms with Crippen LogP contribution in [0.1, 0.15) is 18.2 Å². The maximum atomic E-state index is 10.6. The van der Waals surface area contributed by atoms with Crippen LogP contribution in [0.4, 0.5) is 0 Å². The average Bonchev–Trinajstić information content (AvgIpc) is 2.39. The fraction of sp³-hybridized carbons (Fsp3) is 0.400. The van der Waals surface area contributed by atoms with Gasteiger partial charge in [0, 0.05) is 20.2 Å². The lowest BCUT2D eigenvalue weighted by atomic mass is 10.3. The van der Waals surface area contributed by atoms with Crippen LogP contribution in [0.15, 0.2) is 6.20 Å². The fourth-order valence-electron chi connectivity index (χ4n) is 0.991. The van der Waals surface area contributed by atoms with Crippen LogP contribution in [0.25, 0.3) is 0 Å². The Bertz CT molecular complexity index is 398. The van der Waals surface area contributed by atoms with Gasteiger partial charge in [-0.05, 0) is 6.92 Å². The van der Waals surface area contributed by atoms with Crippen LogP contribution in [0, 0.1) is 18.8 Å². The Kier molecular flexibility index (Phi) is 3.78. The van der Waals surface area contributed by atoms with E-state index in [1.54, 1.807) is 11.6 Å². The predicted molar refractivity (Wildman–Crippen MR) is 58.0 cm³/mol. The Hall–Kier alpha value is -1.21. The van der Waals surface area contributed by atoms with Gasteiger partial charge in [-0.2, -0.15) is 5.10 Å². The molecule has 4 heteroatoms. The predicted octanol–water partition coefficient (Wildman–Crippen LogP) is 1.36. The highest BCUT2D eigenvalue weighted by Crippen LogP contribution is 2.03. The van der Waals surface area contributed by atoms with Gasteiger partial charge in [0.1, 0.15) is 0 Å². The summed E-state index contributed by atoms with van der Waals surface area (Å²) < 4.78 is 1.73. The number of rotatable bonds is 1. The van der Waals surface area contributed by atoms with Crippen molar-refractivity contribution >= 4 is 16.9 Å². The number of hydrogen-bond donors (Lipinski definition) is 0. The summed E-state index contributed by atoms with van der Waals surface area (Å²) in [5.41, 5.74) is 1.85. The molecule has 1 heterocycles. The van der Waals surface area contributed by atoms with Crippen LogP contribution in [-0.2, 0) is 11.8 Å². The summed E-state index contributed by atoms with van der Waals surface area (Å²) in [4.78, 5) is 10.6. The Morgan fingerprint density at radius 2 is 2.43 bits per heavy atom. The number of carbonyl (C=O) groups excluding carboxylic acids is 1. The zero-order valence-corrected chi connectivity index (χ0v) is 9.31. The highest BCUT2D eigenvalue weighted by Gasteiger charge is 1.97. The smallest absolute Gasteiger partial charge is 0.186 e. The molecule has 74 valence electrons. The first kappa shape index (κ1) is 10.9. The van der Waals surface area contributed by atoms with Gasteiger partial charge >= 0.3 is 0 Å². The van der Waals surface area contributed by atoms with Crippen molar-refractivity contribution in [1.82, 2.24) is 9.78 Å². The van der Waals surface area contributed by atoms with E-state index in [0.29, 0.717) is 5.75 Å². The number of carbonyl (C=O) groups is 1. The third-order valence-corrected chi connectivity index (χ3v) is 2.28. The van der Waals surface area contributed by atoms with Crippen LogP contribution in [0.3, 0.4) is 0 Å². The van der Waals surface area contributed by atoms with E-state index in [0.717, 1.165) is 11.3 Å². The molecule has 0 unspecified atom stereocenters. The minimum Gasteiger partial charge on any atom is -0.288 e. The first-order chi connectivity index (χ1) is 6.59. The number of aromatic nitrogens is 2. The van der Waals surface area contributed by atoms with E-state index in [2.05, 4.69) is 16.9 Å². The molecular formula is C10H12N2OS. The zero-order valence-electron chi connectivity index (χ0n) is 8.50. The molecular weight excluding hydrogens is 196 g/mol. The molecule has 1 aromatic rings. The van der Waals surface area contributed by atoms with Crippen molar-refractivity contribution < 1.29 is 4.79 Å². The Morgan fingerprint density at radius 1 is 1.71 bits per heavy atom. The van der Waals surface area contributed by atoms with Gasteiger partial charge in [-0.25, -0.2) is 0 Å². The van der Waals surface area contributed by atoms with Crippen molar-refractivity contribution in [3.05, 3.63) is 17.5 Å². The SMILES string of the molecule is CC(=O)SCC#Cc1cn(C)nc1C. The van der Waals surface area contributed by atoms with E-state index in [1.807, 2.05) is 20.2 Å². The Labute approximate surface area is 87.9 Å². The molecule has 0 spiro atoms. The third kappa shape index (κ3) is 3.27. The molecule has 0 amide bonds. The normalized spacial score (nSPS) is 9.36. The molecule has 0 radical (unpaired) electrons. The van der Waals surface area contributed by atoms with Crippen LogP contribution < -0.4 is 0 Å². The van der Waals surface area contributed by atoms with Crippen molar-refractivity contribution in [2.45, 2.75) is 13.8 Å². The molecule has 0 aliphatic heterocycles. The van der Waals surface area contributed by atoms with Gasteiger partial charge in [0.05, 0.1) is 17.0 Å². The summed E-state index contributed by atoms with van der Waals surface area (Å²) in [6.45, 7) is 3.46. The third-order valence-electron chi connectivity index (χ3n) is 1.58. The maximum absolute atomic E-state index is 10.6. The Balaban J connectivity index is 2.59. The van der Waals surface area contributed by atoms with Gasteiger partial charge in [-0.3, -0.25) is 9.48 Å². The molecule has 1 rings (SSSR count).